The van der Waals surface area contributed by atoms with E-state index in [1.165, 1.54) is 6.07 Å². The highest BCUT2D eigenvalue weighted by atomic mass is 127. The van der Waals surface area contributed by atoms with E-state index in [1.807, 2.05) is 13.8 Å². The number of phenols is 1. The number of aryl methyl sites for hydroxylation is 1. The van der Waals surface area contributed by atoms with Crippen LogP contribution in [-0.2, 0) is 0 Å². The summed E-state index contributed by atoms with van der Waals surface area (Å²) >= 11 is -3.73. The van der Waals surface area contributed by atoms with Gasteiger partial charge in [-0.25, -0.2) is 0 Å². The van der Waals surface area contributed by atoms with Crippen molar-refractivity contribution in [2.75, 3.05) is 0 Å². The van der Waals surface area contributed by atoms with Crippen molar-refractivity contribution in [1.82, 2.24) is 0 Å². The molecule has 84 valence electrons. The molecule has 1 aromatic rings. The van der Waals surface area contributed by atoms with Gasteiger partial charge in [-0.1, -0.05) is 13.8 Å². The van der Waals surface area contributed by atoms with E-state index in [-0.39, 0.29) is 11.7 Å². The van der Waals surface area contributed by atoms with Crippen molar-refractivity contribution < 1.29 is 36.1 Å². The minimum Gasteiger partial charge on any atom is -0.508 e. The van der Waals surface area contributed by atoms with Crippen molar-refractivity contribution in [3.05, 3.63) is 23.3 Å². The first-order valence-corrected chi connectivity index (χ1v) is 7.13. The second kappa shape index (κ2) is 5.00. The highest BCUT2D eigenvalue weighted by Gasteiger charge is 2.19. The van der Waals surface area contributed by atoms with Crippen LogP contribution in [-0.4, -0.2) is 5.11 Å². The largest absolute Gasteiger partial charge is 0.570 e. The zero-order chi connectivity index (χ0) is 11.6. The molecule has 1 N–H and O–H groups in total. The Morgan fingerprint density at radius 3 is 2.40 bits per heavy atom. The van der Waals surface area contributed by atoms with Crippen LogP contribution in [0.15, 0.2) is 12.1 Å². The number of phenolic OH excluding ortho intramolecular Hbond substituents is 1. The highest BCUT2D eigenvalue weighted by Crippen LogP contribution is 2.31. The first-order valence-electron chi connectivity index (χ1n) is 4.49. The first-order chi connectivity index (χ1) is 6.91. The molecular formula is C10H13IO4. The summed E-state index contributed by atoms with van der Waals surface area (Å²) in [6.45, 7) is 5.52. The number of aromatic hydroxyl groups is 1. The Bertz CT molecular complexity index is 350. The third-order valence-electron chi connectivity index (χ3n) is 2.09. The molecule has 5 heteroatoms. The van der Waals surface area contributed by atoms with Gasteiger partial charge in [0.1, 0.15) is 5.75 Å². The second-order valence-electron chi connectivity index (χ2n) is 3.60. The molecule has 1 aromatic carbocycles. The SMILES string of the molecule is Cc1cc(O)c(C(C)C)cc1O[I+2]([O-])[O-]. The monoisotopic (exact) mass is 324 g/mol. The highest BCUT2D eigenvalue weighted by molar-refractivity contribution is 5.46. The molecule has 0 radical (unpaired) electrons. The molecule has 0 aliphatic heterocycles. The van der Waals surface area contributed by atoms with Crippen molar-refractivity contribution >= 4 is 0 Å². The molecule has 4 nitrogen and oxygen atoms in total. The third kappa shape index (κ3) is 3.22. The van der Waals surface area contributed by atoms with Crippen LogP contribution >= 0.6 is 0 Å². The van der Waals surface area contributed by atoms with Crippen LogP contribution in [0, 0.1) is 6.92 Å². The molecular weight excluding hydrogens is 311 g/mol. The number of rotatable bonds is 3. The van der Waals surface area contributed by atoms with Gasteiger partial charge < -0.3 is 12.0 Å². The summed E-state index contributed by atoms with van der Waals surface area (Å²) in [6, 6.07) is 3.10. The van der Waals surface area contributed by atoms with Gasteiger partial charge in [0.05, 0.1) is 0 Å². The van der Waals surface area contributed by atoms with Gasteiger partial charge in [0, 0.05) is 11.1 Å². The Kier molecular flexibility index (Phi) is 4.18. The van der Waals surface area contributed by atoms with Gasteiger partial charge in [0.25, 0.3) is 0 Å². The van der Waals surface area contributed by atoms with E-state index >= 15 is 0 Å². The van der Waals surface area contributed by atoms with Gasteiger partial charge in [-0.2, -0.15) is 0 Å². The summed E-state index contributed by atoms with van der Waals surface area (Å²) in [6.07, 6.45) is 0. The van der Waals surface area contributed by atoms with Gasteiger partial charge in [-0.05, 0) is 25.0 Å². The Balaban J connectivity index is 3.11. The Morgan fingerprint density at radius 2 is 1.93 bits per heavy atom. The number of hydrogen-bond donors (Lipinski definition) is 1. The predicted molar refractivity (Wildman–Crippen MR) is 47.6 cm³/mol. The standard InChI is InChI=1S/C10H13IO4/c1-6(2)8-5-10(15-11(13)14)7(3)4-9(8)12/h4-6,12H,1-3H3. The van der Waals surface area contributed by atoms with E-state index < -0.39 is 21.1 Å². The lowest BCUT2D eigenvalue weighted by Crippen LogP contribution is -4.00. The first kappa shape index (κ1) is 12.5. The van der Waals surface area contributed by atoms with Crippen LogP contribution in [0.2, 0.25) is 0 Å². The van der Waals surface area contributed by atoms with Crippen LogP contribution in [0.25, 0.3) is 0 Å². The van der Waals surface area contributed by atoms with E-state index in [1.54, 1.807) is 13.0 Å². The molecule has 0 aliphatic rings. The molecule has 0 unspecified atom stereocenters. The fourth-order valence-electron chi connectivity index (χ4n) is 1.30. The minimum atomic E-state index is -3.73. The van der Waals surface area contributed by atoms with Gasteiger partial charge in [0.2, 0.25) is 5.75 Å². The zero-order valence-corrected chi connectivity index (χ0v) is 10.9. The van der Waals surface area contributed by atoms with Crippen LogP contribution in [0.1, 0.15) is 30.9 Å². The molecule has 0 aliphatic carbocycles. The zero-order valence-electron chi connectivity index (χ0n) is 8.78. The molecule has 0 fully saturated rings. The number of benzene rings is 1. The molecule has 0 saturated heterocycles. The van der Waals surface area contributed by atoms with Gasteiger partial charge >= 0.3 is 21.1 Å². The number of hydrogen-bond acceptors (Lipinski definition) is 4. The van der Waals surface area contributed by atoms with Crippen LogP contribution in [0.3, 0.4) is 0 Å². The van der Waals surface area contributed by atoms with Gasteiger partial charge in [-0.15, -0.1) is 3.07 Å². The Hall–Kier alpha value is -0.530. The normalized spacial score (nSPS) is 11.1. The lowest BCUT2D eigenvalue weighted by atomic mass is 10.00. The fourth-order valence-corrected chi connectivity index (χ4v) is 2.16. The summed E-state index contributed by atoms with van der Waals surface area (Å²) in [5.74, 6) is 0.604. The summed E-state index contributed by atoms with van der Waals surface area (Å²) in [4.78, 5) is 0. The fraction of sp³-hybridized carbons (Fsp3) is 0.400. The maximum absolute atomic E-state index is 10.5. The maximum Gasteiger partial charge on any atom is 0.570 e. The van der Waals surface area contributed by atoms with Crippen molar-refractivity contribution in [3.8, 4) is 11.5 Å². The molecule has 0 bridgehead atoms. The lowest BCUT2D eigenvalue weighted by Gasteiger charge is -2.10. The minimum absolute atomic E-state index is 0.119. The van der Waals surface area contributed by atoms with Crippen LogP contribution in [0.5, 0.6) is 11.5 Å². The van der Waals surface area contributed by atoms with Crippen LogP contribution in [0.4, 0.5) is 0 Å². The maximum atomic E-state index is 10.5. The predicted octanol–water partition coefficient (Wildman–Crippen LogP) is -2.71. The van der Waals surface area contributed by atoms with Gasteiger partial charge in [0.15, 0.2) is 0 Å². The second-order valence-corrected chi connectivity index (χ2v) is 5.12. The van der Waals surface area contributed by atoms with E-state index in [4.69, 9.17) is 3.07 Å². The Morgan fingerprint density at radius 1 is 1.33 bits per heavy atom. The van der Waals surface area contributed by atoms with E-state index in [2.05, 4.69) is 0 Å². The molecule has 0 saturated carbocycles. The molecule has 0 atom stereocenters. The van der Waals surface area contributed by atoms with Crippen molar-refractivity contribution in [3.63, 3.8) is 0 Å². The molecule has 15 heavy (non-hydrogen) atoms. The number of halogens is 1. The summed E-state index contributed by atoms with van der Waals surface area (Å²) < 4.78 is 25.8. The third-order valence-corrected chi connectivity index (χ3v) is 2.93. The topological polar surface area (TPSA) is 75.6 Å². The quantitative estimate of drug-likeness (QED) is 0.614. The summed E-state index contributed by atoms with van der Waals surface area (Å²) in [5, 5.41) is 9.62. The lowest BCUT2D eigenvalue weighted by molar-refractivity contribution is -1.62. The van der Waals surface area contributed by atoms with Crippen LogP contribution < -0.4 is 31.0 Å². The molecule has 1 rings (SSSR count). The van der Waals surface area contributed by atoms with Gasteiger partial charge in [-0.3, -0.25) is 0 Å². The molecule has 0 aromatic heterocycles. The molecule has 0 amide bonds. The van der Waals surface area contributed by atoms with E-state index in [0.717, 1.165) is 0 Å². The summed E-state index contributed by atoms with van der Waals surface area (Å²) in [5.41, 5.74) is 1.30. The average molecular weight is 324 g/mol. The van der Waals surface area contributed by atoms with E-state index in [0.29, 0.717) is 16.9 Å². The molecule has 0 spiro atoms. The molecule has 0 heterocycles. The van der Waals surface area contributed by atoms with Crippen molar-refractivity contribution in [2.24, 2.45) is 0 Å². The summed E-state index contributed by atoms with van der Waals surface area (Å²) in [7, 11) is 0. The Labute approximate surface area is 97.6 Å². The van der Waals surface area contributed by atoms with E-state index in [9.17, 15) is 12.0 Å². The average Bonchev–Trinajstić information content (AvgIpc) is 2.08. The van der Waals surface area contributed by atoms with Crippen molar-refractivity contribution in [1.29, 1.82) is 0 Å². The smallest absolute Gasteiger partial charge is 0.508 e. The van der Waals surface area contributed by atoms with Crippen molar-refractivity contribution in [2.45, 2.75) is 26.7 Å².